The predicted octanol–water partition coefficient (Wildman–Crippen LogP) is 4.33. The van der Waals surface area contributed by atoms with E-state index in [1.807, 2.05) is 17.9 Å². The number of para-hydroxylation sites is 2. The van der Waals surface area contributed by atoms with Gasteiger partial charge >= 0.3 is 12.3 Å². The Morgan fingerprint density at radius 3 is 2.37 bits per heavy atom. The molecule has 1 atom stereocenters. The monoisotopic (exact) mass is 581 g/mol. The molecule has 2 amide bonds. The first-order chi connectivity index (χ1) is 19.2. The molecule has 0 saturated carbocycles. The molecule has 1 aliphatic rings. The minimum absolute atomic E-state index is 0.0389. The Labute approximate surface area is 238 Å². The van der Waals surface area contributed by atoms with Crippen molar-refractivity contribution in [3.63, 3.8) is 0 Å². The van der Waals surface area contributed by atoms with Crippen LogP contribution in [0.25, 0.3) is 0 Å². The first-order valence-electron chi connectivity index (χ1n) is 13.4. The quantitative estimate of drug-likeness (QED) is 0.384. The zero-order chi connectivity index (χ0) is 30.4. The zero-order valence-corrected chi connectivity index (χ0v) is 23.8. The smallest absolute Gasteiger partial charge is 0.422 e. The minimum Gasteiger partial charge on any atom is -0.488 e. The lowest BCUT2D eigenvalue weighted by atomic mass is 9.97. The normalized spacial score (nSPS) is 13.9. The number of nitrogens with zero attached hydrogens (tertiary/aromatic N) is 2. The van der Waals surface area contributed by atoms with Crippen molar-refractivity contribution in [2.45, 2.75) is 58.4 Å². The molecular formula is C29H38F3N3O6. The van der Waals surface area contributed by atoms with E-state index < -0.39 is 36.4 Å². The van der Waals surface area contributed by atoms with Crippen LogP contribution < -0.4 is 20.1 Å². The summed E-state index contributed by atoms with van der Waals surface area (Å²) in [6.07, 6.45) is -4.02. The lowest BCUT2D eigenvalue weighted by molar-refractivity contribution is -0.153. The van der Waals surface area contributed by atoms with E-state index in [2.05, 4.69) is 0 Å². The van der Waals surface area contributed by atoms with E-state index in [-0.39, 0.29) is 31.3 Å². The van der Waals surface area contributed by atoms with E-state index in [9.17, 15) is 27.9 Å². The average molecular weight is 582 g/mol. The van der Waals surface area contributed by atoms with Crippen LogP contribution in [-0.4, -0.2) is 79.3 Å². The number of carbonyl (C=O) groups excluding carboxylic acids is 2. The third-order valence-corrected chi connectivity index (χ3v) is 6.37. The van der Waals surface area contributed by atoms with Gasteiger partial charge in [0, 0.05) is 19.1 Å². The number of amides is 2. The van der Waals surface area contributed by atoms with Crippen LogP contribution in [0.1, 0.15) is 49.2 Å². The maximum absolute atomic E-state index is 13.2. The molecule has 2 aromatic carbocycles. The Bertz CT molecular complexity index is 1220. The second kappa shape index (κ2) is 13.3. The van der Waals surface area contributed by atoms with Crippen molar-refractivity contribution in [2.24, 2.45) is 5.73 Å². The van der Waals surface area contributed by atoms with Crippen LogP contribution in [0.4, 0.5) is 23.7 Å². The van der Waals surface area contributed by atoms with Crippen LogP contribution in [-0.2, 0) is 17.6 Å². The van der Waals surface area contributed by atoms with Crippen molar-refractivity contribution < 1.29 is 42.1 Å². The number of ether oxygens (including phenoxy) is 3. The van der Waals surface area contributed by atoms with Crippen LogP contribution in [0.3, 0.4) is 0 Å². The number of halogens is 3. The number of carbonyl (C=O) groups is 2. The summed E-state index contributed by atoms with van der Waals surface area (Å²) in [5.41, 5.74) is 7.77. The van der Waals surface area contributed by atoms with Gasteiger partial charge in [0.25, 0.3) is 5.91 Å². The first-order valence-corrected chi connectivity index (χ1v) is 13.4. The highest BCUT2D eigenvalue weighted by Crippen LogP contribution is 2.34. The number of nitrogens with two attached hydrogens (primary N) is 1. The maximum atomic E-state index is 13.2. The number of hydrogen-bond donors (Lipinski definition) is 2. The van der Waals surface area contributed by atoms with E-state index in [0.29, 0.717) is 31.5 Å². The fraction of sp³-hybridized carbons (Fsp3) is 0.517. The summed E-state index contributed by atoms with van der Waals surface area (Å²) in [6, 6.07) is 9.30. The fourth-order valence-electron chi connectivity index (χ4n) is 4.71. The summed E-state index contributed by atoms with van der Waals surface area (Å²) in [6.45, 7) is 6.64. The molecule has 1 unspecified atom stereocenters. The third kappa shape index (κ3) is 9.17. The summed E-state index contributed by atoms with van der Waals surface area (Å²) in [5.74, 6) is -0.524. The minimum atomic E-state index is -4.50. The molecule has 0 aliphatic carbocycles. The average Bonchev–Trinajstić information content (AvgIpc) is 3.26. The number of aliphatic hydroxyl groups excluding tert-OH is 1. The van der Waals surface area contributed by atoms with Gasteiger partial charge in [-0.05, 0) is 69.9 Å². The standard InChI is InChI=1S/C29H38F3N3O6/c1-19(15-20-16-21-9-10-34(11-13-36)25(21)22(17-20)26(33)37)35(27(38)41-28(2,3)4)12-14-39-23-7-5-6-8-24(23)40-18-29(30,31)32/h5-8,16-17,19,36H,9-15,18H2,1-4H3,(H2,33,37). The maximum Gasteiger partial charge on any atom is 0.422 e. The number of benzene rings is 2. The Morgan fingerprint density at radius 1 is 1.12 bits per heavy atom. The number of anilines is 1. The Kier molecular flexibility index (Phi) is 10.4. The van der Waals surface area contributed by atoms with Crippen molar-refractivity contribution in [1.82, 2.24) is 4.90 Å². The van der Waals surface area contributed by atoms with Gasteiger partial charge in [0.15, 0.2) is 18.1 Å². The second-order valence-corrected chi connectivity index (χ2v) is 10.9. The van der Waals surface area contributed by atoms with Crippen molar-refractivity contribution in [1.29, 1.82) is 0 Å². The number of β-amino-alcohol motifs (C(OH)–C–C–N with tert-alkyl or cyclic N) is 1. The summed E-state index contributed by atoms with van der Waals surface area (Å²) in [4.78, 5) is 28.9. The van der Waals surface area contributed by atoms with E-state index >= 15 is 0 Å². The molecule has 226 valence electrons. The van der Waals surface area contributed by atoms with Crippen molar-refractivity contribution in [2.75, 3.05) is 44.4 Å². The third-order valence-electron chi connectivity index (χ3n) is 6.37. The number of rotatable bonds is 12. The van der Waals surface area contributed by atoms with Gasteiger partial charge < -0.3 is 34.9 Å². The highest BCUT2D eigenvalue weighted by atomic mass is 19.4. The highest BCUT2D eigenvalue weighted by Gasteiger charge is 2.30. The summed E-state index contributed by atoms with van der Waals surface area (Å²) < 4.78 is 54.2. The molecule has 0 saturated heterocycles. The van der Waals surface area contributed by atoms with Gasteiger partial charge in [-0.15, -0.1) is 0 Å². The highest BCUT2D eigenvalue weighted by molar-refractivity contribution is 6.00. The first kappa shape index (κ1) is 31.9. The summed E-state index contributed by atoms with van der Waals surface area (Å²) in [7, 11) is 0. The summed E-state index contributed by atoms with van der Waals surface area (Å²) in [5, 5.41) is 9.40. The lowest BCUT2D eigenvalue weighted by Crippen LogP contribution is -2.45. The number of alkyl halides is 3. The van der Waals surface area contributed by atoms with Crippen molar-refractivity contribution in [3.05, 3.63) is 53.1 Å². The molecule has 0 aromatic heterocycles. The van der Waals surface area contributed by atoms with Gasteiger partial charge in [-0.1, -0.05) is 18.2 Å². The Morgan fingerprint density at radius 2 is 1.78 bits per heavy atom. The van der Waals surface area contributed by atoms with Gasteiger partial charge in [-0.3, -0.25) is 4.79 Å². The Hall–Kier alpha value is -3.67. The van der Waals surface area contributed by atoms with Gasteiger partial charge in [-0.25, -0.2) is 4.79 Å². The number of hydrogen-bond acceptors (Lipinski definition) is 7. The molecule has 41 heavy (non-hydrogen) atoms. The molecule has 0 radical (unpaired) electrons. The molecule has 0 bridgehead atoms. The van der Waals surface area contributed by atoms with E-state index in [0.717, 1.165) is 16.8 Å². The molecule has 1 heterocycles. The molecule has 0 spiro atoms. The fourth-order valence-corrected chi connectivity index (χ4v) is 4.71. The van der Waals surface area contributed by atoms with Gasteiger partial charge in [0.1, 0.15) is 12.2 Å². The topological polar surface area (TPSA) is 115 Å². The molecule has 12 heteroatoms. The lowest BCUT2D eigenvalue weighted by Gasteiger charge is -2.32. The Balaban J connectivity index is 1.78. The van der Waals surface area contributed by atoms with E-state index in [4.69, 9.17) is 19.9 Å². The molecule has 2 aromatic rings. The summed E-state index contributed by atoms with van der Waals surface area (Å²) >= 11 is 0. The van der Waals surface area contributed by atoms with Crippen LogP contribution in [0.2, 0.25) is 0 Å². The van der Waals surface area contributed by atoms with Crippen LogP contribution >= 0.6 is 0 Å². The molecular weight excluding hydrogens is 543 g/mol. The number of fused-ring (bicyclic) bond motifs is 1. The van der Waals surface area contributed by atoms with Gasteiger partial charge in [-0.2, -0.15) is 13.2 Å². The van der Waals surface area contributed by atoms with Crippen LogP contribution in [0.15, 0.2) is 36.4 Å². The van der Waals surface area contributed by atoms with Crippen LogP contribution in [0.5, 0.6) is 11.5 Å². The molecule has 3 N–H and O–H groups in total. The van der Waals surface area contributed by atoms with Crippen molar-refractivity contribution >= 4 is 17.7 Å². The molecule has 1 aliphatic heterocycles. The molecule has 0 fully saturated rings. The number of primary amides is 1. The van der Waals surface area contributed by atoms with E-state index in [1.54, 1.807) is 32.9 Å². The largest absolute Gasteiger partial charge is 0.488 e. The number of aliphatic hydroxyl groups is 1. The van der Waals surface area contributed by atoms with E-state index in [1.165, 1.54) is 23.1 Å². The SMILES string of the molecule is CC(Cc1cc2c(c(C(N)=O)c1)N(CCO)CC2)N(CCOc1ccccc1OCC(F)(F)F)C(=O)OC(C)(C)C. The molecule has 9 nitrogen and oxygen atoms in total. The van der Waals surface area contributed by atoms with Gasteiger partial charge in [0.05, 0.1) is 24.4 Å². The second-order valence-electron chi connectivity index (χ2n) is 10.9. The van der Waals surface area contributed by atoms with Gasteiger partial charge in [0.2, 0.25) is 0 Å². The molecule has 3 rings (SSSR count). The van der Waals surface area contributed by atoms with Crippen LogP contribution in [0, 0.1) is 0 Å². The zero-order valence-electron chi connectivity index (χ0n) is 23.8. The predicted molar refractivity (Wildman–Crippen MR) is 148 cm³/mol. The van der Waals surface area contributed by atoms with Crippen molar-refractivity contribution in [3.8, 4) is 11.5 Å².